The Hall–Kier alpha value is -1.83. The third-order valence-corrected chi connectivity index (χ3v) is 4.63. The standard InChI is InChI=1S/C16H10NOSe/c18-16-15(19)12-7-3-2-6-11(12)14-9-10-5-1-4-8-13(10)17(14)16/h1-9,15H. The molecule has 91 valence electrons. The maximum absolute atomic E-state index is 12.6. The molecular formula is C16H10NOSe. The molecule has 3 aromatic rings. The van der Waals surface area contributed by atoms with Gasteiger partial charge in [-0.15, -0.1) is 0 Å². The van der Waals surface area contributed by atoms with E-state index in [0.717, 1.165) is 27.7 Å². The Bertz CT molecular complexity index is 818. The van der Waals surface area contributed by atoms with E-state index in [2.05, 4.69) is 28.1 Å². The number of carbonyl (C=O) groups is 1. The summed E-state index contributed by atoms with van der Waals surface area (Å²) in [4.78, 5) is 12.4. The molecule has 1 aliphatic heterocycles. The van der Waals surface area contributed by atoms with E-state index >= 15 is 0 Å². The molecule has 0 amide bonds. The number of hydrogen-bond donors (Lipinski definition) is 0. The van der Waals surface area contributed by atoms with Gasteiger partial charge in [-0.1, -0.05) is 0 Å². The second-order valence-corrected chi connectivity index (χ2v) is 5.72. The van der Waals surface area contributed by atoms with Crippen molar-refractivity contribution in [2.75, 3.05) is 0 Å². The minimum absolute atomic E-state index is 0.106. The van der Waals surface area contributed by atoms with Crippen LogP contribution in [0.4, 0.5) is 0 Å². The van der Waals surface area contributed by atoms with Gasteiger partial charge in [-0.05, 0) is 0 Å². The van der Waals surface area contributed by atoms with Gasteiger partial charge in [0.1, 0.15) is 0 Å². The molecule has 0 spiro atoms. The molecule has 1 atom stereocenters. The Kier molecular flexibility index (Phi) is 2.22. The van der Waals surface area contributed by atoms with Gasteiger partial charge in [0.15, 0.2) is 0 Å². The van der Waals surface area contributed by atoms with Gasteiger partial charge in [0, 0.05) is 0 Å². The number of fused-ring (bicyclic) bond motifs is 5. The fourth-order valence-electron chi connectivity index (χ4n) is 2.80. The van der Waals surface area contributed by atoms with Gasteiger partial charge in [0.05, 0.1) is 0 Å². The van der Waals surface area contributed by atoms with Crippen LogP contribution in [0.2, 0.25) is 0 Å². The molecule has 2 nitrogen and oxygen atoms in total. The van der Waals surface area contributed by atoms with Crippen LogP contribution in [0.25, 0.3) is 22.2 Å². The van der Waals surface area contributed by atoms with E-state index in [4.69, 9.17) is 0 Å². The summed E-state index contributed by atoms with van der Waals surface area (Å²) in [5.74, 6) is 0.106. The third-order valence-electron chi connectivity index (χ3n) is 3.67. The average molecular weight is 311 g/mol. The SMILES string of the molecule is O=C1C([Se])c2ccccc2-c2cc3ccccc3n21. The Morgan fingerprint density at radius 1 is 1.00 bits per heavy atom. The fraction of sp³-hybridized carbons (Fsp3) is 0.0625. The molecule has 0 fully saturated rings. The summed E-state index contributed by atoms with van der Waals surface area (Å²) in [6, 6.07) is 18.2. The second kappa shape index (κ2) is 3.83. The van der Waals surface area contributed by atoms with Crippen LogP contribution in [0, 0.1) is 0 Å². The molecule has 0 bridgehead atoms. The van der Waals surface area contributed by atoms with E-state index in [-0.39, 0.29) is 10.7 Å². The molecule has 0 N–H and O–H groups in total. The number of carbonyl (C=O) groups excluding carboxylic acids is 1. The van der Waals surface area contributed by atoms with Gasteiger partial charge in [-0.3, -0.25) is 0 Å². The molecule has 0 saturated heterocycles. The molecule has 3 heteroatoms. The van der Waals surface area contributed by atoms with Gasteiger partial charge in [0.25, 0.3) is 0 Å². The van der Waals surface area contributed by atoms with Crippen LogP contribution in [-0.4, -0.2) is 26.5 Å². The first-order valence-corrected chi connectivity index (χ1v) is 7.16. The predicted octanol–water partition coefficient (Wildman–Crippen LogP) is 3.17. The predicted molar refractivity (Wildman–Crippen MR) is 76.5 cm³/mol. The monoisotopic (exact) mass is 312 g/mol. The van der Waals surface area contributed by atoms with E-state index in [1.807, 2.05) is 47.0 Å². The summed E-state index contributed by atoms with van der Waals surface area (Å²) in [5.41, 5.74) is 4.19. The third kappa shape index (κ3) is 1.40. The molecule has 1 unspecified atom stereocenters. The Labute approximate surface area is 118 Å². The van der Waals surface area contributed by atoms with Gasteiger partial charge in [0.2, 0.25) is 0 Å². The molecule has 0 saturated carbocycles. The van der Waals surface area contributed by atoms with Crippen molar-refractivity contribution in [1.29, 1.82) is 0 Å². The zero-order chi connectivity index (χ0) is 13.0. The molecular weight excluding hydrogens is 301 g/mol. The first-order chi connectivity index (χ1) is 9.27. The first-order valence-electron chi connectivity index (χ1n) is 6.17. The number of benzene rings is 2. The zero-order valence-corrected chi connectivity index (χ0v) is 11.8. The van der Waals surface area contributed by atoms with Crippen molar-refractivity contribution in [2.24, 2.45) is 0 Å². The summed E-state index contributed by atoms with van der Waals surface area (Å²) in [6.45, 7) is 0. The van der Waals surface area contributed by atoms with Gasteiger partial charge < -0.3 is 0 Å². The summed E-state index contributed by atoms with van der Waals surface area (Å²) < 4.78 is 1.83. The number of nitrogens with zero attached hydrogens (tertiary/aromatic N) is 1. The van der Waals surface area contributed by atoms with Crippen molar-refractivity contribution in [2.45, 2.75) is 4.82 Å². The number of rotatable bonds is 0. The van der Waals surface area contributed by atoms with Crippen LogP contribution in [0.5, 0.6) is 0 Å². The van der Waals surface area contributed by atoms with Crippen molar-refractivity contribution in [3.63, 3.8) is 0 Å². The summed E-state index contributed by atoms with van der Waals surface area (Å²) in [5, 5.41) is 1.11. The first kappa shape index (κ1) is 11.0. The second-order valence-electron chi connectivity index (χ2n) is 4.73. The summed E-state index contributed by atoms with van der Waals surface area (Å²) >= 11 is 3.01. The summed E-state index contributed by atoms with van der Waals surface area (Å²) in [7, 11) is 0. The minimum atomic E-state index is -0.209. The van der Waals surface area contributed by atoms with E-state index in [9.17, 15) is 4.79 Å². The average Bonchev–Trinajstić information content (AvgIpc) is 2.84. The number of hydrogen-bond acceptors (Lipinski definition) is 1. The van der Waals surface area contributed by atoms with Crippen LogP contribution in [0.3, 0.4) is 0 Å². The zero-order valence-electron chi connectivity index (χ0n) is 10.0. The van der Waals surface area contributed by atoms with Crippen LogP contribution in [0.1, 0.15) is 15.2 Å². The van der Waals surface area contributed by atoms with Gasteiger partial charge in [-0.2, -0.15) is 0 Å². The Morgan fingerprint density at radius 2 is 1.74 bits per heavy atom. The van der Waals surface area contributed by atoms with E-state index in [1.54, 1.807) is 0 Å². The van der Waals surface area contributed by atoms with Crippen molar-refractivity contribution in [3.05, 3.63) is 60.2 Å². The van der Waals surface area contributed by atoms with Crippen molar-refractivity contribution in [1.82, 2.24) is 4.57 Å². The molecule has 2 aromatic carbocycles. The number of aromatic nitrogens is 1. The molecule has 2 heterocycles. The summed E-state index contributed by atoms with van der Waals surface area (Å²) in [6.07, 6.45) is 0. The molecule has 19 heavy (non-hydrogen) atoms. The molecule has 4 rings (SSSR count). The normalized spacial score (nSPS) is 17.3. The fourth-order valence-corrected chi connectivity index (χ4v) is 3.45. The topological polar surface area (TPSA) is 22.0 Å². The molecule has 1 radical (unpaired) electrons. The van der Waals surface area contributed by atoms with Gasteiger partial charge >= 0.3 is 118 Å². The number of para-hydroxylation sites is 1. The molecule has 1 aliphatic rings. The van der Waals surface area contributed by atoms with Crippen LogP contribution < -0.4 is 0 Å². The molecule has 1 aromatic heterocycles. The van der Waals surface area contributed by atoms with Crippen molar-refractivity contribution >= 4 is 32.8 Å². The van der Waals surface area contributed by atoms with Crippen LogP contribution in [-0.2, 0) is 0 Å². The van der Waals surface area contributed by atoms with E-state index in [1.165, 1.54) is 0 Å². The van der Waals surface area contributed by atoms with E-state index in [0.29, 0.717) is 0 Å². The van der Waals surface area contributed by atoms with Crippen LogP contribution in [0.15, 0.2) is 54.6 Å². The van der Waals surface area contributed by atoms with Crippen molar-refractivity contribution in [3.8, 4) is 11.3 Å². The Morgan fingerprint density at radius 3 is 2.63 bits per heavy atom. The quantitative estimate of drug-likeness (QED) is 0.585. The van der Waals surface area contributed by atoms with Crippen molar-refractivity contribution < 1.29 is 4.79 Å². The maximum atomic E-state index is 12.6. The van der Waals surface area contributed by atoms with Crippen LogP contribution >= 0.6 is 0 Å². The van der Waals surface area contributed by atoms with E-state index < -0.39 is 0 Å². The Balaban J connectivity index is 2.17. The van der Waals surface area contributed by atoms with Gasteiger partial charge in [-0.25, -0.2) is 0 Å². The molecule has 0 aliphatic carbocycles.